The minimum absolute atomic E-state index is 0.347. The van der Waals surface area contributed by atoms with E-state index in [1.807, 2.05) is 19.9 Å². The van der Waals surface area contributed by atoms with Crippen LogP contribution in [0.2, 0.25) is 0 Å². The Morgan fingerprint density at radius 2 is 2.38 bits per heavy atom. The van der Waals surface area contributed by atoms with Gasteiger partial charge in [0.15, 0.2) is 0 Å². The van der Waals surface area contributed by atoms with Gasteiger partial charge in [0.2, 0.25) is 5.96 Å². The fourth-order valence-corrected chi connectivity index (χ4v) is 1.26. The minimum atomic E-state index is -1.57. The van der Waals surface area contributed by atoms with E-state index in [0.29, 0.717) is 18.2 Å². The average Bonchev–Trinajstić information content (AvgIpc) is 2.57. The Hall–Kier alpha value is -1.82. The molecule has 1 atom stereocenters. The van der Waals surface area contributed by atoms with Crippen LogP contribution in [0.25, 0.3) is 0 Å². The second kappa shape index (κ2) is 3.97. The highest BCUT2D eigenvalue weighted by Gasteiger charge is 2.36. The summed E-state index contributed by atoms with van der Waals surface area (Å²) in [6.07, 6.45) is 4.75. The molecular weight excluding hydrogens is 206 g/mol. The molecule has 0 spiro atoms. The third-order valence-electron chi connectivity index (χ3n) is 2.12. The summed E-state index contributed by atoms with van der Waals surface area (Å²) in [4.78, 5) is 15.6. The zero-order chi connectivity index (χ0) is 11.6. The second-order valence-electron chi connectivity index (χ2n) is 3.75. The fourth-order valence-electron chi connectivity index (χ4n) is 1.26. The van der Waals surface area contributed by atoms with Gasteiger partial charge in [-0.25, -0.2) is 15.0 Å². The van der Waals surface area contributed by atoms with Crippen LogP contribution >= 0.6 is 0 Å². The van der Waals surface area contributed by atoms with E-state index in [0.717, 1.165) is 0 Å². The number of hydrogen-bond donors (Lipinski definition) is 2. The maximum Gasteiger partial charge on any atom is 0.305 e. The maximum atomic E-state index is 9.93. The lowest BCUT2D eigenvalue weighted by Gasteiger charge is -2.18. The summed E-state index contributed by atoms with van der Waals surface area (Å²) in [5, 5.41) is 12.9. The molecule has 0 aromatic heterocycles. The summed E-state index contributed by atoms with van der Waals surface area (Å²) < 4.78 is 0. The van der Waals surface area contributed by atoms with E-state index in [1.54, 1.807) is 0 Å². The number of allylic oxidation sites excluding steroid dienone is 1. The van der Waals surface area contributed by atoms with Crippen LogP contribution in [0.15, 0.2) is 31.6 Å². The van der Waals surface area contributed by atoms with Crippen LogP contribution in [0.1, 0.15) is 13.8 Å². The van der Waals surface area contributed by atoms with Crippen LogP contribution in [0.5, 0.6) is 0 Å². The van der Waals surface area contributed by atoms with E-state index in [2.05, 4.69) is 25.3 Å². The predicted molar refractivity (Wildman–Crippen MR) is 64.2 cm³/mol. The normalized spacial score (nSPS) is 25.9. The van der Waals surface area contributed by atoms with Crippen molar-refractivity contribution in [3.8, 4) is 0 Å². The van der Waals surface area contributed by atoms with Gasteiger partial charge in [-0.15, -0.1) is 0 Å². The Labute approximate surface area is 93.2 Å². The van der Waals surface area contributed by atoms with E-state index < -0.39 is 5.85 Å². The highest BCUT2D eigenvalue weighted by molar-refractivity contribution is 6.39. The monoisotopic (exact) mass is 219 g/mol. The average molecular weight is 219 g/mol. The van der Waals surface area contributed by atoms with Crippen LogP contribution in [0.3, 0.4) is 0 Å². The standard InChI is InChI=1S/C10H13N5O/c1-7(2)3-4-11-9-12-5-8-10(16,15-9)14-6-13-8/h3,5-6,16H,4H2,1-2H3,(H,11,15). The molecule has 0 radical (unpaired) electrons. The lowest BCUT2D eigenvalue weighted by atomic mass is 10.2. The van der Waals surface area contributed by atoms with Crippen molar-refractivity contribution in [3.05, 3.63) is 11.6 Å². The summed E-state index contributed by atoms with van der Waals surface area (Å²) in [6, 6.07) is 0. The van der Waals surface area contributed by atoms with Crippen LogP contribution in [-0.2, 0) is 0 Å². The van der Waals surface area contributed by atoms with E-state index in [9.17, 15) is 5.11 Å². The lowest BCUT2D eigenvalue weighted by molar-refractivity contribution is 0.137. The number of aliphatic hydroxyl groups is 1. The Morgan fingerprint density at radius 1 is 1.56 bits per heavy atom. The highest BCUT2D eigenvalue weighted by atomic mass is 16.3. The minimum Gasteiger partial charge on any atom is -0.351 e. The number of aliphatic imine (C=N–C) groups is 4. The first-order valence-electron chi connectivity index (χ1n) is 4.96. The maximum absolute atomic E-state index is 9.93. The van der Waals surface area contributed by atoms with Crippen molar-refractivity contribution in [2.24, 2.45) is 20.0 Å². The van der Waals surface area contributed by atoms with Crippen molar-refractivity contribution in [2.75, 3.05) is 6.54 Å². The van der Waals surface area contributed by atoms with Gasteiger partial charge in [0, 0.05) is 6.54 Å². The number of nitrogens with zero attached hydrogens (tertiary/aromatic N) is 4. The Balaban J connectivity index is 2.05. The molecule has 2 rings (SSSR count). The van der Waals surface area contributed by atoms with E-state index >= 15 is 0 Å². The second-order valence-corrected chi connectivity index (χ2v) is 3.75. The summed E-state index contributed by atoms with van der Waals surface area (Å²) in [7, 11) is 0. The number of fused-ring (bicyclic) bond motifs is 1. The predicted octanol–water partition coefficient (Wildman–Crippen LogP) is 0.112. The number of hydrogen-bond acceptors (Lipinski definition) is 6. The van der Waals surface area contributed by atoms with Gasteiger partial charge in [0.25, 0.3) is 0 Å². The molecule has 0 amide bonds. The molecule has 1 unspecified atom stereocenters. The molecule has 0 aromatic carbocycles. The lowest BCUT2D eigenvalue weighted by Crippen LogP contribution is -2.40. The number of nitrogens with one attached hydrogen (secondary N) is 1. The van der Waals surface area contributed by atoms with E-state index in [-0.39, 0.29) is 0 Å². The molecule has 2 N–H and O–H groups in total. The first kappa shape index (κ1) is 10.7. The van der Waals surface area contributed by atoms with Gasteiger partial charge in [0.05, 0.1) is 6.21 Å². The molecule has 0 aliphatic carbocycles. The van der Waals surface area contributed by atoms with Crippen LogP contribution in [-0.4, -0.2) is 41.7 Å². The summed E-state index contributed by atoms with van der Waals surface area (Å²) >= 11 is 0. The van der Waals surface area contributed by atoms with Crippen molar-refractivity contribution in [1.82, 2.24) is 5.32 Å². The SMILES string of the molecule is CC(C)=CCNC1=NC2(O)N=CN=C2C=N1. The van der Waals surface area contributed by atoms with Crippen molar-refractivity contribution in [1.29, 1.82) is 0 Å². The zero-order valence-electron chi connectivity index (χ0n) is 9.18. The summed E-state index contributed by atoms with van der Waals surface area (Å²) in [5.41, 5.74) is 1.55. The van der Waals surface area contributed by atoms with Gasteiger partial charge in [-0.2, -0.15) is 4.99 Å². The van der Waals surface area contributed by atoms with E-state index in [1.165, 1.54) is 18.1 Å². The molecule has 2 aliphatic heterocycles. The summed E-state index contributed by atoms with van der Waals surface area (Å²) in [5.74, 6) is -1.22. The van der Waals surface area contributed by atoms with Crippen molar-refractivity contribution in [3.63, 3.8) is 0 Å². The zero-order valence-corrected chi connectivity index (χ0v) is 9.18. The summed E-state index contributed by atoms with van der Waals surface area (Å²) in [6.45, 7) is 4.63. The van der Waals surface area contributed by atoms with Crippen molar-refractivity contribution >= 4 is 24.2 Å². The number of rotatable bonds is 2. The van der Waals surface area contributed by atoms with Crippen LogP contribution in [0.4, 0.5) is 0 Å². The van der Waals surface area contributed by atoms with Gasteiger partial charge in [-0.05, 0) is 13.8 Å². The smallest absolute Gasteiger partial charge is 0.305 e. The third kappa shape index (κ3) is 2.06. The van der Waals surface area contributed by atoms with Crippen molar-refractivity contribution in [2.45, 2.75) is 19.7 Å². The molecule has 0 saturated heterocycles. The molecular formula is C10H13N5O. The molecule has 0 aromatic rings. The first-order chi connectivity index (χ1) is 7.60. The van der Waals surface area contributed by atoms with Crippen LogP contribution in [0, 0.1) is 0 Å². The molecule has 0 fully saturated rings. The Bertz CT molecular complexity index is 442. The number of guanidine groups is 1. The molecule has 0 saturated carbocycles. The first-order valence-corrected chi connectivity index (χ1v) is 4.96. The molecule has 6 nitrogen and oxygen atoms in total. The molecule has 2 aliphatic rings. The van der Waals surface area contributed by atoms with Gasteiger partial charge in [-0.3, -0.25) is 0 Å². The highest BCUT2D eigenvalue weighted by Crippen LogP contribution is 2.17. The van der Waals surface area contributed by atoms with Gasteiger partial charge < -0.3 is 10.4 Å². The molecule has 84 valence electrons. The Morgan fingerprint density at radius 3 is 3.12 bits per heavy atom. The largest absolute Gasteiger partial charge is 0.351 e. The topological polar surface area (TPSA) is 81.7 Å². The van der Waals surface area contributed by atoms with Gasteiger partial charge in [0.1, 0.15) is 12.1 Å². The fraction of sp³-hybridized carbons (Fsp3) is 0.400. The van der Waals surface area contributed by atoms with Gasteiger partial charge >= 0.3 is 5.85 Å². The molecule has 6 heteroatoms. The third-order valence-corrected chi connectivity index (χ3v) is 2.12. The van der Waals surface area contributed by atoms with Crippen LogP contribution < -0.4 is 5.32 Å². The molecule has 2 heterocycles. The Kier molecular flexibility index (Phi) is 2.66. The molecule has 0 bridgehead atoms. The van der Waals surface area contributed by atoms with Crippen molar-refractivity contribution < 1.29 is 5.11 Å². The van der Waals surface area contributed by atoms with E-state index in [4.69, 9.17) is 0 Å². The van der Waals surface area contributed by atoms with Gasteiger partial charge in [-0.1, -0.05) is 11.6 Å². The quantitative estimate of drug-likeness (QED) is 0.646. The molecule has 16 heavy (non-hydrogen) atoms.